The number of hydrogen-bond acceptors (Lipinski definition) is 2. The van der Waals surface area contributed by atoms with Crippen LogP contribution in [0.1, 0.15) is 32.1 Å². The maximum atomic E-state index is 11.0. The summed E-state index contributed by atoms with van der Waals surface area (Å²) in [7, 11) is 0. The van der Waals surface area contributed by atoms with Crippen LogP contribution in [0.5, 0.6) is 0 Å². The number of rotatable bonds is 3. The molecular weight excluding hydrogens is 200 g/mol. The van der Waals surface area contributed by atoms with Crippen LogP contribution < -0.4 is 0 Å². The van der Waals surface area contributed by atoms with Crippen LogP contribution in [0.3, 0.4) is 0 Å². The van der Waals surface area contributed by atoms with Gasteiger partial charge >= 0.3 is 5.97 Å². The lowest BCUT2D eigenvalue weighted by Gasteiger charge is -2.23. The van der Waals surface area contributed by atoms with Gasteiger partial charge in [-0.15, -0.1) is 0 Å². The predicted octanol–water partition coefficient (Wildman–Crippen LogP) is 2.79. The van der Waals surface area contributed by atoms with Gasteiger partial charge in [-0.25, -0.2) is 4.79 Å². The standard InChI is InChI=1S/C14H20O2/c1-2-14(15)16-8-9-5-12-10-3-4-11(7-10)13(12)6-9/h2,9-13H,1,3-8H2. The Kier molecular flexibility index (Phi) is 2.53. The number of fused-ring (bicyclic) bond motifs is 5. The number of carbonyl (C=O) groups excluding carboxylic acids is 1. The van der Waals surface area contributed by atoms with Gasteiger partial charge in [0.25, 0.3) is 0 Å². The molecule has 4 atom stereocenters. The summed E-state index contributed by atoms with van der Waals surface area (Å²) in [5, 5.41) is 0. The van der Waals surface area contributed by atoms with Crippen LogP contribution in [0.2, 0.25) is 0 Å². The van der Waals surface area contributed by atoms with Crippen molar-refractivity contribution in [1.82, 2.24) is 0 Å². The Labute approximate surface area is 97.1 Å². The molecule has 0 heterocycles. The molecule has 2 nitrogen and oxygen atoms in total. The molecule has 3 fully saturated rings. The fourth-order valence-corrected chi connectivity index (χ4v) is 4.53. The molecule has 16 heavy (non-hydrogen) atoms. The molecule has 0 radical (unpaired) electrons. The van der Waals surface area contributed by atoms with E-state index in [2.05, 4.69) is 6.58 Å². The quantitative estimate of drug-likeness (QED) is 0.540. The largest absolute Gasteiger partial charge is 0.462 e. The van der Waals surface area contributed by atoms with Crippen molar-refractivity contribution in [1.29, 1.82) is 0 Å². The Morgan fingerprint density at radius 1 is 1.19 bits per heavy atom. The highest BCUT2D eigenvalue weighted by atomic mass is 16.5. The second kappa shape index (κ2) is 3.90. The average Bonchev–Trinajstić information content (AvgIpc) is 2.96. The summed E-state index contributed by atoms with van der Waals surface area (Å²) in [4.78, 5) is 11.0. The summed E-state index contributed by atoms with van der Waals surface area (Å²) in [6, 6.07) is 0. The van der Waals surface area contributed by atoms with Crippen molar-refractivity contribution in [2.75, 3.05) is 6.61 Å². The minimum Gasteiger partial charge on any atom is -0.462 e. The van der Waals surface area contributed by atoms with Gasteiger partial charge in [-0.1, -0.05) is 6.58 Å². The third kappa shape index (κ3) is 1.59. The Bertz CT molecular complexity index is 292. The molecule has 2 bridgehead atoms. The molecule has 0 aromatic carbocycles. The van der Waals surface area contributed by atoms with Crippen LogP contribution in [0.4, 0.5) is 0 Å². The maximum Gasteiger partial charge on any atom is 0.330 e. The molecule has 3 saturated carbocycles. The summed E-state index contributed by atoms with van der Waals surface area (Å²) in [5.74, 6) is 4.31. The summed E-state index contributed by atoms with van der Waals surface area (Å²) in [6.07, 6.45) is 8.29. The summed E-state index contributed by atoms with van der Waals surface area (Å²) in [5.41, 5.74) is 0. The first-order chi connectivity index (χ1) is 7.78. The average molecular weight is 220 g/mol. The number of carbonyl (C=O) groups is 1. The Hall–Kier alpha value is -0.790. The molecule has 3 aliphatic carbocycles. The van der Waals surface area contributed by atoms with Crippen LogP contribution in [-0.4, -0.2) is 12.6 Å². The SMILES string of the molecule is C=CC(=O)OCC1CC2C3CCC(C3)C2C1. The first kappa shape index (κ1) is 10.4. The molecule has 0 aliphatic heterocycles. The summed E-state index contributed by atoms with van der Waals surface area (Å²) >= 11 is 0. The fourth-order valence-electron chi connectivity index (χ4n) is 4.53. The van der Waals surface area contributed by atoms with E-state index in [1.807, 2.05) is 0 Å². The zero-order valence-electron chi connectivity index (χ0n) is 9.73. The van der Waals surface area contributed by atoms with E-state index in [1.54, 1.807) is 0 Å². The van der Waals surface area contributed by atoms with E-state index in [0.717, 1.165) is 23.7 Å². The van der Waals surface area contributed by atoms with E-state index >= 15 is 0 Å². The smallest absolute Gasteiger partial charge is 0.330 e. The van der Waals surface area contributed by atoms with Crippen molar-refractivity contribution in [3.8, 4) is 0 Å². The zero-order chi connectivity index (χ0) is 11.1. The Balaban J connectivity index is 1.54. The highest BCUT2D eigenvalue weighted by Gasteiger charge is 2.51. The third-order valence-electron chi connectivity index (χ3n) is 5.11. The number of esters is 1. The molecule has 88 valence electrons. The summed E-state index contributed by atoms with van der Waals surface area (Å²) in [6.45, 7) is 4.04. The predicted molar refractivity (Wildman–Crippen MR) is 61.7 cm³/mol. The lowest BCUT2D eigenvalue weighted by Crippen LogP contribution is -2.15. The maximum absolute atomic E-state index is 11.0. The van der Waals surface area contributed by atoms with Crippen molar-refractivity contribution < 1.29 is 9.53 Å². The first-order valence-electron chi connectivity index (χ1n) is 6.57. The molecule has 2 heteroatoms. The van der Waals surface area contributed by atoms with Gasteiger partial charge in [0.2, 0.25) is 0 Å². The van der Waals surface area contributed by atoms with Crippen molar-refractivity contribution in [3.05, 3.63) is 12.7 Å². The van der Waals surface area contributed by atoms with E-state index in [1.165, 1.54) is 38.2 Å². The van der Waals surface area contributed by atoms with Crippen LogP contribution in [-0.2, 0) is 9.53 Å². The minimum absolute atomic E-state index is 0.264. The normalized spacial score (nSPS) is 44.4. The lowest BCUT2D eigenvalue weighted by atomic mass is 9.82. The molecule has 0 aromatic heterocycles. The Morgan fingerprint density at radius 2 is 1.81 bits per heavy atom. The molecular formula is C14H20O2. The highest BCUT2D eigenvalue weighted by Crippen LogP contribution is 2.59. The zero-order valence-corrected chi connectivity index (χ0v) is 9.73. The van der Waals surface area contributed by atoms with Crippen molar-refractivity contribution in [3.63, 3.8) is 0 Å². The van der Waals surface area contributed by atoms with Crippen LogP contribution in [0.25, 0.3) is 0 Å². The van der Waals surface area contributed by atoms with Gasteiger partial charge in [-0.3, -0.25) is 0 Å². The number of hydrogen-bond donors (Lipinski definition) is 0. The first-order valence-corrected chi connectivity index (χ1v) is 6.57. The number of ether oxygens (including phenoxy) is 1. The molecule has 0 spiro atoms. The third-order valence-corrected chi connectivity index (χ3v) is 5.11. The van der Waals surface area contributed by atoms with Crippen molar-refractivity contribution in [2.24, 2.45) is 29.6 Å². The molecule has 4 unspecified atom stereocenters. The Morgan fingerprint density at radius 3 is 2.38 bits per heavy atom. The van der Waals surface area contributed by atoms with Crippen molar-refractivity contribution in [2.45, 2.75) is 32.1 Å². The fraction of sp³-hybridized carbons (Fsp3) is 0.786. The van der Waals surface area contributed by atoms with Gasteiger partial charge in [0.1, 0.15) is 0 Å². The van der Waals surface area contributed by atoms with Gasteiger partial charge in [0.05, 0.1) is 6.61 Å². The van der Waals surface area contributed by atoms with E-state index in [9.17, 15) is 4.79 Å². The van der Waals surface area contributed by atoms with Crippen molar-refractivity contribution >= 4 is 5.97 Å². The molecule has 3 aliphatic rings. The molecule has 0 N–H and O–H groups in total. The van der Waals surface area contributed by atoms with Crippen LogP contribution in [0, 0.1) is 29.6 Å². The van der Waals surface area contributed by atoms with Gasteiger partial charge in [-0.2, -0.15) is 0 Å². The lowest BCUT2D eigenvalue weighted by molar-refractivity contribution is -0.139. The van der Waals surface area contributed by atoms with Gasteiger partial charge in [0, 0.05) is 6.08 Å². The molecule has 0 saturated heterocycles. The van der Waals surface area contributed by atoms with E-state index in [4.69, 9.17) is 4.74 Å². The van der Waals surface area contributed by atoms with E-state index in [-0.39, 0.29) is 5.97 Å². The second-order valence-electron chi connectivity index (χ2n) is 5.83. The molecule has 0 amide bonds. The molecule has 3 rings (SSSR count). The van der Waals surface area contributed by atoms with Crippen LogP contribution >= 0.6 is 0 Å². The highest BCUT2D eigenvalue weighted by molar-refractivity contribution is 5.81. The van der Waals surface area contributed by atoms with E-state index in [0.29, 0.717) is 12.5 Å². The topological polar surface area (TPSA) is 26.3 Å². The second-order valence-corrected chi connectivity index (χ2v) is 5.83. The monoisotopic (exact) mass is 220 g/mol. The van der Waals surface area contributed by atoms with Gasteiger partial charge in [0.15, 0.2) is 0 Å². The molecule has 0 aromatic rings. The van der Waals surface area contributed by atoms with E-state index < -0.39 is 0 Å². The minimum atomic E-state index is -0.264. The van der Waals surface area contributed by atoms with Crippen LogP contribution in [0.15, 0.2) is 12.7 Å². The van der Waals surface area contributed by atoms with Gasteiger partial charge < -0.3 is 4.74 Å². The van der Waals surface area contributed by atoms with Gasteiger partial charge in [-0.05, 0) is 61.7 Å². The summed E-state index contributed by atoms with van der Waals surface area (Å²) < 4.78 is 5.17.